The maximum Gasteiger partial charge on any atom is 0.242 e. The summed E-state index contributed by atoms with van der Waals surface area (Å²) < 4.78 is 14.4. The van der Waals surface area contributed by atoms with E-state index in [0.29, 0.717) is 54.0 Å². The van der Waals surface area contributed by atoms with Crippen LogP contribution in [0.25, 0.3) is 22.3 Å². The first-order valence-corrected chi connectivity index (χ1v) is 12.1. The number of nitrogens with one attached hydrogen (secondary N) is 2. The topological polar surface area (TPSA) is 119 Å². The quantitative estimate of drug-likeness (QED) is 0.459. The molecule has 2 N–H and O–H groups in total. The Morgan fingerprint density at radius 2 is 2.00 bits per heavy atom. The van der Waals surface area contributed by atoms with Crippen LogP contribution in [0.2, 0.25) is 0 Å². The maximum atomic E-state index is 6.43. The van der Waals surface area contributed by atoms with Gasteiger partial charge in [-0.25, -0.2) is 20.1 Å². The minimum Gasteiger partial charge on any atom is -0.477 e. The molecule has 182 valence electrons. The SMILES string of the molecule is CN(C)C1CCC(Oc2nn3c4cc(ncc24)Nc2ccnc(n2)-c2cn[nH]c2OCCC3)CC1. The van der Waals surface area contributed by atoms with Gasteiger partial charge in [-0.15, -0.1) is 5.10 Å². The number of aromatic nitrogens is 7. The Morgan fingerprint density at radius 3 is 2.86 bits per heavy atom. The minimum absolute atomic E-state index is 0.172. The van der Waals surface area contributed by atoms with Crippen molar-refractivity contribution in [2.45, 2.75) is 50.8 Å². The van der Waals surface area contributed by atoms with Gasteiger partial charge in [-0.2, -0.15) is 5.10 Å². The van der Waals surface area contributed by atoms with Gasteiger partial charge in [-0.05, 0) is 45.8 Å². The van der Waals surface area contributed by atoms with Crippen molar-refractivity contribution < 1.29 is 9.47 Å². The van der Waals surface area contributed by atoms with E-state index in [1.165, 1.54) is 0 Å². The highest BCUT2D eigenvalue weighted by Crippen LogP contribution is 2.32. The number of hydrogen-bond acceptors (Lipinski definition) is 9. The minimum atomic E-state index is 0.172. The van der Waals surface area contributed by atoms with Crippen LogP contribution >= 0.6 is 0 Å². The summed E-state index contributed by atoms with van der Waals surface area (Å²) in [4.78, 5) is 15.9. The van der Waals surface area contributed by atoms with E-state index in [2.05, 4.69) is 49.5 Å². The van der Waals surface area contributed by atoms with Crippen molar-refractivity contribution in [3.63, 3.8) is 0 Å². The molecule has 0 amide bonds. The fourth-order valence-corrected chi connectivity index (χ4v) is 4.83. The number of nitrogens with zero attached hydrogens (tertiary/aromatic N) is 7. The van der Waals surface area contributed by atoms with Crippen LogP contribution < -0.4 is 14.8 Å². The summed E-state index contributed by atoms with van der Waals surface area (Å²) in [6.45, 7) is 1.18. The van der Waals surface area contributed by atoms with Crippen LogP contribution in [0.5, 0.6) is 11.8 Å². The maximum absolute atomic E-state index is 6.43. The van der Waals surface area contributed by atoms with Gasteiger partial charge >= 0.3 is 0 Å². The summed E-state index contributed by atoms with van der Waals surface area (Å²) >= 11 is 0. The van der Waals surface area contributed by atoms with Crippen molar-refractivity contribution >= 4 is 22.5 Å². The number of H-pyrrole nitrogens is 1. The third-order valence-corrected chi connectivity index (χ3v) is 6.77. The Bertz CT molecular complexity index is 1320. The molecule has 4 bridgehead atoms. The molecule has 0 saturated heterocycles. The van der Waals surface area contributed by atoms with Crippen LogP contribution in [0, 0.1) is 0 Å². The number of anilines is 2. The fourth-order valence-electron chi connectivity index (χ4n) is 4.83. The summed E-state index contributed by atoms with van der Waals surface area (Å²) in [6, 6.07) is 4.42. The Morgan fingerprint density at radius 1 is 1.11 bits per heavy atom. The number of hydrogen-bond donors (Lipinski definition) is 2. The monoisotopic (exact) mass is 475 g/mol. The zero-order valence-electron chi connectivity index (χ0n) is 19.9. The molecule has 0 radical (unpaired) electrons. The first kappa shape index (κ1) is 21.8. The lowest BCUT2D eigenvalue weighted by Crippen LogP contribution is -2.35. The molecule has 35 heavy (non-hydrogen) atoms. The van der Waals surface area contributed by atoms with Crippen molar-refractivity contribution in [3.05, 3.63) is 30.7 Å². The number of aryl methyl sites for hydroxylation is 1. The number of pyridine rings is 1. The molecule has 0 unspecified atom stereocenters. The normalized spacial score (nSPS) is 20.2. The highest BCUT2D eigenvalue weighted by Gasteiger charge is 2.25. The molecular formula is C24H29N9O2. The van der Waals surface area contributed by atoms with Gasteiger partial charge in [-0.3, -0.25) is 4.68 Å². The van der Waals surface area contributed by atoms with Gasteiger partial charge in [0.25, 0.3) is 0 Å². The van der Waals surface area contributed by atoms with Crippen molar-refractivity contribution in [1.82, 2.24) is 39.8 Å². The Hall–Kier alpha value is -3.73. The van der Waals surface area contributed by atoms with E-state index in [1.54, 1.807) is 18.5 Å². The highest BCUT2D eigenvalue weighted by atomic mass is 16.5. The molecular weight excluding hydrogens is 446 g/mol. The van der Waals surface area contributed by atoms with Crippen LogP contribution in [0.4, 0.5) is 11.6 Å². The van der Waals surface area contributed by atoms with Crippen LogP contribution in [0.15, 0.2) is 30.7 Å². The van der Waals surface area contributed by atoms with Gasteiger partial charge in [0.05, 0.1) is 23.7 Å². The zero-order chi connectivity index (χ0) is 23.8. The van der Waals surface area contributed by atoms with E-state index in [1.807, 2.05) is 16.9 Å². The second-order valence-electron chi connectivity index (χ2n) is 9.33. The van der Waals surface area contributed by atoms with Gasteiger partial charge in [0.2, 0.25) is 11.8 Å². The van der Waals surface area contributed by atoms with E-state index in [-0.39, 0.29) is 6.10 Å². The van der Waals surface area contributed by atoms with E-state index >= 15 is 0 Å². The highest BCUT2D eigenvalue weighted by molar-refractivity contribution is 5.86. The van der Waals surface area contributed by atoms with Crippen molar-refractivity contribution in [3.8, 4) is 23.1 Å². The average Bonchev–Trinajstić information content (AvgIpc) is 3.47. The summed E-state index contributed by atoms with van der Waals surface area (Å²) in [5.74, 6) is 3.05. The van der Waals surface area contributed by atoms with Gasteiger partial charge in [0.15, 0.2) is 5.82 Å². The molecule has 1 aliphatic heterocycles. The molecule has 1 aliphatic carbocycles. The van der Waals surface area contributed by atoms with Crippen molar-refractivity contribution in [2.75, 3.05) is 26.0 Å². The molecule has 11 heteroatoms. The fraction of sp³-hybridized carbons (Fsp3) is 0.458. The molecule has 6 rings (SSSR count). The lowest BCUT2D eigenvalue weighted by Gasteiger charge is -2.32. The van der Waals surface area contributed by atoms with Crippen LogP contribution in [0.1, 0.15) is 32.1 Å². The van der Waals surface area contributed by atoms with Crippen LogP contribution in [-0.4, -0.2) is 72.7 Å². The molecule has 4 aromatic heterocycles. The summed E-state index contributed by atoms with van der Waals surface area (Å²) in [7, 11) is 4.30. The van der Waals surface area contributed by atoms with E-state index in [0.717, 1.165) is 43.0 Å². The van der Waals surface area contributed by atoms with Crippen LogP contribution in [0.3, 0.4) is 0 Å². The summed E-state index contributed by atoms with van der Waals surface area (Å²) in [5.41, 5.74) is 1.68. The third kappa shape index (κ3) is 4.39. The number of aromatic amines is 1. The Balaban J connectivity index is 1.31. The predicted octanol–water partition coefficient (Wildman–Crippen LogP) is 3.39. The third-order valence-electron chi connectivity index (χ3n) is 6.77. The van der Waals surface area contributed by atoms with Gasteiger partial charge < -0.3 is 19.7 Å². The van der Waals surface area contributed by atoms with Gasteiger partial charge in [-0.1, -0.05) is 0 Å². The molecule has 0 aromatic carbocycles. The molecule has 0 atom stereocenters. The molecule has 4 aromatic rings. The second-order valence-corrected chi connectivity index (χ2v) is 9.33. The molecule has 2 aliphatic rings. The molecule has 0 spiro atoms. The van der Waals surface area contributed by atoms with E-state index in [4.69, 9.17) is 14.6 Å². The van der Waals surface area contributed by atoms with E-state index < -0.39 is 0 Å². The Kier molecular flexibility index (Phi) is 5.69. The largest absolute Gasteiger partial charge is 0.477 e. The lowest BCUT2D eigenvalue weighted by atomic mass is 9.92. The van der Waals surface area contributed by atoms with Crippen molar-refractivity contribution in [1.29, 1.82) is 0 Å². The summed E-state index contributed by atoms with van der Waals surface area (Å²) in [6.07, 6.45) is 10.5. The number of ether oxygens (including phenoxy) is 2. The summed E-state index contributed by atoms with van der Waals surface area (Å²) in [5, 5.41) is 16.1. The van der Waals surface area contributed by atoms with Gasteiger partial charge in [0.1, 0.15) is 23.3 Å². The molecule has 1 fully saturated rings. The zero-order valence-corrected chi connectivity index (χ0v) is 19.9. The first-order chi connectivity index (χ1) is 17.1. The van der Waals surface area contributed by atoms with Crippen molar-refractivity contribution in [2.24, 2.45) is 0 Å². The number of rotatable bonds is 3. The Labute approximate surface area is 202 Å². The van der Waals surface area contributed by atoms with E-state index in [9.17, 15) is 0 Å². The first-order valence-electron chi connectivity index (χ1n) is 12.1. The second kappa shape index (κ2) is 9.14. The smallest absolute Gasteiger partial charge is 0.242 e. The number of fused-ring (bicyclic) bond motifs is 5. The molecule has 5 heterocycles. The van der Waals surface area contributed by atoms with Crippen LogP contribution in [-0.2, 0) is 6.54 Å². The molecule has 11 nitrogen and oxygen atoms in total. The standard InChI is InChI=1S/C24H29N9O2/c1-32(2)15-4-6-16(7-5-15)35-24-17-13-26-21-12-19(17)33(31-24)10-3-11-34-23-18(14-27-30-23)22-25-9-8-20(28-21)29-22/h8-9,12-16H,3-7,10-11H2,1-2H3,(H,27,30)(H,25,26,28,29). The lowest BCUT2D eigenvalue weighted by molar-refractivity contribution is 0.107. The average molecular weight is 476 g/mol. The van der Waals surface area contributed by atoms with Gasteiger partial charge in [0, 0.05) is 37.5 Å². The predicted molar refractivity (Wildman–Crippen MR) is 131 cm³/mol. The molecule has 1 saturated carbocycles.